The quantitative estimate of drug-likeness (QED) is 0.666. The minimum Gasteiger partial charge on any atom is -0.496 e. The van der Waals surface area contributed by atoms with E-state index in [0.717, 1.165) is 17.1 Å². The Kier molecular flexibility index (Phi) is 3.58. The van der Waals surface area contributed by atoms with E-state index in [4.69, 9.17) is 14.2 Å². The van der Waals surface area contributed by atoms with Crippen molar-refractivity contribution in [1.82, 2.24) is 0 Å². The van der Waals surface area contributed by atoms with Crippen molar-refractivity contribution in [2.45, 2.75) is 6.92 Å². The van der Waals surface area contributed by atoms with Gasteiger partial charge in [-0.3, -0.25) is 0 Å². The van der Waals surface area contributed by atoms with E-state index in [1.54, 1.807) is 14.2 Å². The summed E-state index contributed by atoms with van der Waals surface area (Å²) in [4.78, 5) is 0. The molecule has 3 heteroatoms. The van der Waals surface area contributed by atoms with Crippen molar-refractivity contribution in [2.75, 3.05) is 21.0 Å². The fraction of sp³-hybridized carbons (Fsp3) is 0.400. The molecule has 1 aromatic carbocycles. The summed E-state index contributed by atoms with van der Waals surface area (Å²) in [6, 6.07) is 5.67. The number of hydrogen-bond acceptors (Lipinski definition) is 3. The average Bonchev–Trinajstić information content (AvgIpc) is 2.16. The first-order chi connectivity index (χ1) is 6.29. The van der Waals surface area contributed by atoms with Gasteiger partial charge in [0.05, 0.1) is 7.11 Å². The van der Waals surface area contributed by atoms with Crippen LogP contribution in [0.1, 0.15) is 5.56 Å². The van der Waals surface area contributed by atoms with E-state index in [1.807, 2.05) is 25.1 Å². The van der Waals surface area contributed by atoms with Crippen LogP contribution in [-0.4, -0.2) is 21.0 Å². The third-order valence-corrected chi connectivity index (χ3v) is 1.79. The molecule has 0 saturated heterocycles. The molecule has 1 aromatic rings. The Morgan fingerprint density at radius 1 is 1.15 bits per heavy atom. The Hall–Kier alpha value is -1.22. The van der Waals surface area contributed by atoms with Crippen molar-refractivity contribution in [3.05, 3.63) is 23.8 Å². The van der Waals surface area contributed by atoms with Gasteiger partial charge >= 0.3 is 0 Å². The van der Waals surface area contributed by atoms with E-state index in [-0.39, 0.29) is 6.79 Å². The summed E-state index contributed by atoms with van der Waals surface area (Å²) in [7, 11) is 3.23. The van der Waals surface area contributed by atoms with Gasteiger partial charge in [0.15, 0.2) is 6.79 Å². The molecule has 13 heavy (non-hydrogen) atoms. The molecule has 0 N–H and O–H groups in total. The Morgan fingerprint density at radius 3 is 2.46 bits per heavy atom. The summed E-state index contributed by atoms with van der Waals surface area (Å²) >= 11 is 0. The van der Waals surface area contributed by atoms with Crippen LogP contribution >= 0.6 is 0 Å². The van der Waals surface area contributed by atoms with E-state index >= 15 is 0 Å². The number of benzene rings is 1. The smallest absolute Gasteiger partial charge is 0.188 e. The van der Waals surface area contributed by atoms with Gasteiger partial charge < -0.3 is 14.2 Å². The Balaban J connectivity index is 2.81. The maximum absolute atomic E-state index is 5.33. The lowest BCUT2D eigenvalue weighted by molar-refractivity contribution is 0.0504. The number of methoxy groups -OCH3 is 2. The second kappa shape index (κ2) is 4.72. The molecule has 0 fully saturated rings. The molecule has 0 spiro atoms. The van der Waals surface area contributed by atoms with Gasteiger partial charge in [0, 0.05) is 12.7 Å². The van der Waals surface area contributed by atoms with Crippen molar-refractivity contribution in [2.24, 2.45) is 0 Å². The van der Waals surface area contributed by atoms with E-state index < -0.39 is 0 Å². The van der Waals surface area contributed by atoms with Crippen LogP contribution < -0.4 is 9.47 Å². The lowest BCUT2D eigenvalue weighted by atomic mass is 10.2. The second-order valence-corrected chi connectivity index (χ2v) is 2.63. The third kappa shape index (κ3) is 2.36. The molecule has 0 heterocycles. The fourth-order valence-electron chi connectivity index (χ4n) is 1.09. The topological polar surface area (TPSA) is 27.7 Å². The van der Waals surface area contributed by atoms with Gasteiger partial charge in [-0.2, -0.15) is 0 Å². The first-order valence-electron chi connectivity index (χ1n) is 4.05. The van der Waals surface area contributed by atoms with Crippen molar-refractivity contribution in [3.8, 4) is 11.5 Å². The Bertz CT molecular complexity index is 271. The molecule has 0 aliphatic heterocycles. The predicted octanol–water partition coefficient (Wildman–Crippen LogP) is 1.99. The Morgan fingerprint density at radius 2 is 1.85 bits per heavy atom. The number of hydrogen-bond donors (Lipinski definition) is 0. The molecular weight excluding hydrogens is 168 g/mol. The van der Waals surface area contributed by atoms with Gasteiger partial charge in [0.1, 0.15) is 11.5 Å². The van der Waals surface area contributed by atoms with E-state index in [9.17, 15) is 0 Å². The van der Waals surface area contributed by atoms with Crippen LogP contribution in [0.2, 0.25) is 0 Å². The van der Waals surface area contributed by atoms with Crippen LogP contribution in [0.25, 0.3) is 0 Å². The maximum atomic E-state index is 5.33. The molecule has 0 aliphatic rings. The van der Waals surface area contributed by atoms with Gasteiger partial charge in [-0.05, 0) is 19.1 Å². The summed E-state index contributed by atoms with van der Waals surface area (Å²) < 4.78 is 15.3. The van der Waals surface area contributed by atoms with E-state index in [1.165, 1.54) is 0 Å². The van der Waals surface area contributed by atoms with E-state index in [0.29, 0.717) is 0 Å². The molecule has 1 rings (SSSR count). The summed E-state index contributed by atoms with van der Waals surface area (Å²) in [6.07, 6.45) is 0. The number of ether oxygens (including phenoxy) is 3. The molecule has 0 unspecified atom stereocenters. The normalized spacial score (nSPS) is 9.77. The zero-order valence-corrected chi connectivity index (χ0v) is 8.16. The van der Waals surface area contributed by atoms with Crippen molar-refractivity contribution >= 4 is 0 Å². The standard InChI is InChI=1S/C10H14O3/c1-8-9(12-3)5-4-6-10(8)13-7-11-2/h4-6H,7H2,1-3H3. The largest absolute Gasteiger partial charge is 0.496 e. The van der Waals surface area contributed by atoms with Crippen LogP contribution in [0.3, 0.4) is 0 Å². The summed E-state index contributed by atoms with van der Waals surface area (Å²) in [5.41, 5.74) is 0.988. The van der Waals surface area contributed by atoms with Gasteiger partial charge in [-0.15, -0.1) is 0 Å². The van der Waals surface area contributed by atoms with Gasteiger partial charge in [0.25, 0.3) is 0 Å². The molecule has 0 aliphatic carbocycles. The van der Waals surface area contributed by atoms with Crippen molar-refractivity contribution < 1.29 is 14.2 Å². The zero-order chi connectivity index (χ0) is 9.68. The third-order valence-electron chi connectivity index (χ3n) is 1.79. The first kappa shape index (κ1) is 9.86. The summed E-state index contributed by atoms with van der Waals surface area (Å²) in [6.45, 7) is 2.21. The Labute approximate surface area is 78.2 Å². The highest BCUT2D eigenvalue weighted by Gasteiger charge is 2.03. The van der Waals surface area contributed by atoms with Gasteiger partial charge in [0.2, 0.25) is 0 Å². The van der Waals surface area contributed by atoms with Crippen LogP contribution in [0, 0.1) is 6.92 Å². The monoisotopic (exact) mass is 182 g/mol. The summed E-state index contributed by atoms with van der Waals surface area (Å²) in [5.74, 6) is 1.62. The van der Waals surface area contributed by atoms with Crippen LogP contribution in [0.4, 0.5) is 0 Å². The fourth-order valence-corrected chi connectivity index (χ4v) is 1.09. The maximum Gasteiger partial charge on any atom is 0.188 e. The molecule has 0 bridgehead atoms. The van der Waals surface area contributed by atoms with E-state index in [2.05, 4.69) is 0 Å². The molecule has 0 radical (unpaired) electrons. The average molecular weight is 182 g/mol. The molecule has 72 valence electrons. The zero-order valence-electron chi connectivity index (χ0n) is 8.16. The lowest BCUT2D eigenvalue weighted by Crippen LogP contribution is -2.00. The summed E-state index contributed by atoms with van der Waals surface area (Å²) in [5, 5.41) is 0. The molecule has 0 atom stereocenters. The minimum atomic E-state index is 0.258. The first-order valence-corrected chi connectivity index (χ1v) is 4.05. The van der Waals surface area contributed by atoms with Gasteiger partial charge in [-0.25, -0.2) is 0 Å². The van der Waals surface area contributed by atoms with Crippen LogP contribution in [0.5, 0.6) is 11.5 Å². The molecule has 0 aromatic heterocycles. The minimum absolute atomic E-state index is 0.258. The molecule has 3 nitrogen and oxygen atoms in total. The van der Waals surface area contributed by atoms with Crippen molar-refractivity contribution in [3.63, 3.8) is 0 Å². The highest BCUT2D eigenvalue weighted by Crippen LogP contribution is 2.26. The molecule has 0 saturated carbocycles. The second-order valence-electron chi connectivity index (χ2n) is 2.63. The van der Waals surface area contributed by atoms with Gasteiger partial charge in [-0.1, -0.05) is 6.07 Å². The molecule has 0 amide bonds. The van der Waals surface area contributed by atoms with Crippen molar-refractivity contribution in [1.29, 1.82) is 0 Å². The lowest BCUT2D eigenvalue weighted by Gasteiger charge is -2.10. The SMILES string of the molecule is COCOc1cccc(OC)c1C. The van der Waals surface area contributed by atoms with Crippen LogP contribution in [-0.2, 0) is 4.74 Å². The number of rotatable bonds is 4. The predicted molar refractivity (Wildman–Crippen MR) is 50.2 cm³/mol. The highest BCUT2D eigenvalue weighted by atomic mass is 16.7. The highest BCUT2D eigenvalue weighted by molar-refractivity contribution is 5.43. The van der Waals surface area contributed by atoms with Crippen LogP contribution in [0.15, 0.2) is 18.2 Å². The molecular formula is C10H14O3.